The van der Waals surface area contributed by atoms with Crippen LogP contribution < -0.4 is 39.8 Å². The highest BCUT2D eigenvalue weighted by atomic mass is 35.5. The maximum absolute atomic E-state index is 12.9. The van der Waals surface area contributed by atoms with Crippen LogP contribution in [0.15, 0.2) is 53.7 Å². The van der Waals surface area contributed by atoms with Crippen molar-refractivity contribution in [3.8, 4) is 0 Å². The first-order chi connectivity index (χ1) is 59.1. The van der Waals surface area contributed by atoms with Crippen LogP contribution in [0, 0.1) is 59.2 Å². The van der Waals surface area contributed by atoms with E-state index in [4.69, 9.17) is 69.4 Å². The fraction of sp³-hybridized carbons (Fsp3) is 0.733. The van der Waals surface area contributed by atoms with Gasteiger partial charge in [-0.25, -0.2) is 48.0 Å². The topological polar surface area (TPSA) is 432 Å². The molecule has 5 aromatic rings. The number of nitrogens with one attached hydrogen (secondary N) is 2. The third-order valence-corrected chi connectivity index (χ3v) is 28.4. The summed E-state index contributed by atoms with van der Waals surface area (Å²) in [5, 5.41) is 30.3. The molecule has 4 amide bonds. The minimum atomic E-state index is -4.13. The van der Waals surface area contributed by atoms with E-state index in [-0.39, 0.29) is 52.2 Å². The third kappa shape index (κ3) is 27.8. The van der Waals surface area contributed by atoms with Gasteiger partial charge in [-0.3, -0.25) is 4.79 Å². The third-order valence-electron chi connectivity index (χ3n) is 23.9. The number of ether oxygens (including phenoxy) is 5. The van der Waals surface area contributed by atoms with E-state index < -0.39 is 65.2 Å². The lowest BCUT2D eigenvalue weighted by molar-refractivity contribution is -0.511. The van der Waals surface area contributed by atoms with Gasteiger partial charge in [-0.1, -0.05) is 63.9 Å². The van der Waals surface area contributed by atoms with Crippen molar-refractivity contribution in [3.05, 3.63) is 75.9 Å². The molecule has 6 N–H and O–H groups in total. The highest BCUT2D eigenvalue weighted by Crippen LogP contribution is 2.55. The number of aromatic nitrogens is 7. The average Bonchev–Trinajstić information content (AvgIpc) is 1.15. The molecule has 128 heavy (non-hydrogen) atoms. The van der Waals surface area contributed by atoms with Crippen molar-refractivity contribution in [1.29, 1.82) is 0 Å². The van der Waals surface area contributed by atoms with E-state index >= 15 is 0 Å². The van der Waals surface area contributed by atoms with Crippen molar-refractivity contribution in [1.82, 2.24) is 62.5 Å². The Morgan fingerprint density at radius 3 is 1.36 bits per heavy atom. The summed E-state index contributed by atoms with van der Waals surface area (Å²) in [5.74, 6) is 3.92. The van der Waals surface area contributed by atoms with Gasteiger partial charge < -0.3 is 64.3 Å². The van der Waals surface area contributed by atoms with Gasteiger partial charge in [-0.05, 0) is 247 Å². The first kappa shape index (κ1) is 101. The van der Waals surface area contributed by atoms with Gasteiger partial charge in [0.15, 0.2) is 29.4 Å². The molecular weight excluding hydrogens is 1770 g/mol. The molecule has 8 saturated carbocycles. The van der Waals surface area contributed by atoms with Gasteiger partial charge in [-0.2, -0.15) is 35.6 Å². The molecule has 0 unspecified atom stereocenters. The Bertz CT molecular complexity index is 5170. The molecule has 42 heteroatoms. The summed E-state index contributed by atoms with van der Waals surface area (Å²) in [6, 6.07) is 7.46. The Morgan fingerprint density at radius 2 is 0.961 bits per heavy atom. The van der Waals surface area contributed by atoms with Gasteiger partial charge in [-0.15, -0.1) is 8.42 Å². The van der Waals surface area contributed by atoms with E-state index in [1.54, 1.807) is 82.9 Å². The van der Waals surface area contributed by atoms with Crippen molar-refractivity contribution in [2.45, 2.75) is 267 Å². The van der Waals surface area contributed by atoms with Crippen LogP contribution in [0.5, 0.6) is 0 Å². The molecule has 12 aliphatic rings. The number of carbonyl (C=O) groups excluding carboxylic acids is 5. The number of hydrogen-bond acceptors (Lipinski definition) is 25. The predicted molar refractivity (Wildman–Crippen MR) is 485 cm³/mol. The number of carbonyl (C=O) groups is 5. The van der Waals surface area contributed by atoms with Crippen LogP contribution in [0.3, 0.4) is 0 Å². The van der Waals surface area contributed by atoms with Crippen LogP contribution in [0.25, 0.3) is 11.0 Å². The number of hydrogen-bond donors (Lipinski definition) is 4. The highest BCUT2D eigenvalue weighted by molar-refractivity contribution is 7.87. The maximum Gasteiger partial charge on any atom is 0.493 e. The molecule has 36 nitrogen and oxygen atoms in total. The number of anilines is 2. The zero-order valence-corrected chi connectivity index (χ0v) is 82.3. The average molecular weight is 1910 g/mol. The zero-order chi connectivity index (χ0) is 94.4. The van der Waals surface area contributed by atoms with Gasteiger partial charge in [0.25, 0.3) is 10.2 Å². The summed E-state index contributed by atoms with van der Waals surface area (Å²) in [5.41, 5.74) is 7.52. The summed E-state index contributed by atoms with van der Waals surface area (Å²) < 4.78 is 112. The number of Topliss-reactive ketones (excluding diaryl/α,β-unsaturated/α-hetero) is 1. The number of halogens is 3. The minimum absolute atomic E-state index is 0.0395. The molecule has 9 heterocycles. The van der Waals surface area contributed by atoms with E-state index in [1.165, 1.54) is 74.4 Å². The van der Waals surface area contributed by atoms with Crippen molar-refractivity contribution < 1.29 is 82.0 Å². The lowest BCUT2D eigenvalue weighted by atomic mass is 9.60. The highest BCUT2D eigenvalue weighted by Gasteiger charge is 2.60. The molecule has 0 atom stereocenters. The molecule has 17 rings (SSSR count). The van der Waals surface area contributed by atoms with Gasteiger partial charge in [0.05, 0.1) is 0 Å². The SMILES string of the molecule is CC(C)(C)OC(=O)N1CC2(CC(=O)C2)C1.CC(C)(C)OC(=O)N1CC2(CC(NCC3CC3)C2)C1.CC(C)(C)OC(=O)NS(=O)(=O)N(CC1CC1)C1CC2(C1)CN(C(=O)OC(C)(C)C)C2.CN(C)c1cc[n+](S(=O)(=O)N=C([O-])OC(C)(C)C)cc1.Cc1cc(Cl)n2ncnc(Cl)c12.Cc1cc(Cl)n2ncnc(N3CC4(CC(N(CC5CC5)S(N)(=O)=O)C4)C3)c12.NCC1CC1. The molecule has 0 bridgehead atoms. The second-order valence-corrected chi connectivity index (χ2v) is 48.2. The molecule has 8 aliphatic carbocycles. The molecule has 0 aromatic carbocycles. The summed E-state index contributed by atoms with van der Waals surface area (Å²) in [7, 11) is -8.08. The van der Waals surface area contributed by atoms with Crippen LogP contribution in [0.2, 0.25) is 15.5 Å². The zero-order valence-electron chi connectivity index (χ0n) is 77.6. The Balaban J connectivity index is 0.000000150. The normalized spacial score (nSPS) is 20.8. The molecule has 12 fully saturated rings. The van der Waals surface area contributed by atoms with Gasteiger partial charge >= 0.3 is 44.8 Å². The lowest BCUT2D eigenvalue weighted by Crippen LogP contribution is -2.69. The molecule has 4 aliphatic heterocycles. The van der Waals surface area contributed by atoms with Crippen LogP contribution in [-0.2, 0) is 59.1 Å². The number of pyridine rings is 1. The Morgan fingerprint density at radius 1 is 0.562 bits per heavy atom. The van der Waals surface area contributed by atoms with Crippen LogP contribution in [0.1, 0.15) is 218 Å². The second kappa shape index (κ2) is 38.6. The number of aryl methyl sites for hydroxylation is 2. The maximum atomic E-state index is 12.9. The van der Waals surface area contributed by atoms with E-state index in [0.29, 0.717) is 109 Å². The van der Waals surface area contributed by atoms with E-state index in [2.05, 4.69) is 39.5 Å². The van der Waals surface area contributed by atoms with Crippen molar-refractivity contribution in [2.75, 3.05) is 102 Å². The first-order valence-corrected chi connectivity index (χ1v) is 49.6. The number of ketones is 1. The number of likely N-dealkylation sites (tertiary alicyclic amines) is 3. The van der Waals surface area contributed by atoms with Crippen LogP contribution >= 0.6 is 34.8 Å². The standard InChI is InChI=1S/C20H35N3O6S.C17H23ClN6O2S.C15H26N2O2.C12H19N3O4S.C11H17NO3.C7H5Cl2N3.C4H9N/c1-18(2,3)28-16(24)21-30(26,27)23(11-14-7-8-14)15-9-20(10-15)12-22(13-20)17(25)29-19(4,5)6;1-11-4-14(18)24-15(11)16(20-10-21-24)22-8-17(9-22)5-13(6-17)23(27(19,25)26)7-12-2-3-12;1-14(2,3)19-13(18)17-9-15(10-17)6-12(7-15)16-8-11-4-5-11;1-12(2,3)19-11(16)13-20(17,18)15-8-6-10(7-9-15)14(4)5;1-10(2,3)15-9(14)12-6-11(7-12)4-8(13)5-11;1-4-2-5(8)12-6(4)7(9)10-3-11-12;5-3-4-1-2-4/h14-15H,7-13H2,1-6H3,(H,21,24);4,10,12-13H,2-3,5-9H2,1H3,(H2,19,25,26);11-12,16H,4-10H2,1-3H3;6-9H,1-5H3;4-7H2,1-3H3;2-3H,1H3;4H,1-3,5H2. The first-order valence-electron chi connectivity index (χ1n) is 44.1. The largest absolute Gasteiger partial charge is 0.594 e. The Kier molecular flexibility index (Phi) is 30.5. The minimum Gasteiger partial charge on any atom is -0.594 e. The van der Waals surface area contributed by atoms with Gasteiger partial charge in [0, 0.05) is 156 Å². The van der Waals surface area contributed by atoms with E-state index in [0.717, 1.165) is 121 Å². The van der Waals surface area contributed by atoms with Crippen molar-refractivity contribution in [3.63, 3.8) is 0 Å². The molecule has 4 saturated heterocycles. The second-order valence-electron chi connectivity index (χ2n) is 42.5. The van der Waals surface area contributed by atoms with E-state index in [9.17, 15) is 54.3 Å². The fourth-order valence-corrected chi connectivity index (χ4v) is 21.0. The summed E-state index contributed by atoms with van der Waals surface area (Å²) >= 11 is 17.9. The summed E-state index contributed by atoms with van der Waals surface area (Å²) in [6.07, 6.45) is 19.4. The van der Waals surface area contributed by atoms with Crippen LogP contribution in [-0.4, -0.2) is 253 Å². The molecule has 714 valence electrons. The van der Waals surface area contributed by atoms with Crippen LogP contribution in [0.4, 0.5) is 30.7 Å². The monoisotopic (exact) mass is 1910 g/mol. The van der Waals surface area contributed by atoms with Gasteiger partial charge in [0.2, 0.25) is 0 Å². The Hall–Kier alpha value is -7.47. The number of rotatable bonds is 17. The number of nitrogens with two attached hydrogens (primary N) is 2. The number of fused-ring (bicyclic) bond motifs is 2. The summed E-state index contributed by atoms with van der Waals surface area (Å²) in [4.78, 5) is 76.1. The molecule has 0 radical (unpaired) electrons. The molecular formula is C86H134Cl3N19O17S3. The molecule has 4 spiro atoms. The molecule has 5 aromatic heterocycles. The fourth-order valence-electron chi connectivity index (χ4n) is 17.1. The predicted octanol–water partition coefficient (Wildman–Crippen LogP) is 10.8. The number of amides is 4. The quantitative estimate of drug-likeness (QED) is 0.0291. The number of nitrogens with zero attached hydrogens (tertiary/aromatic N) is 15. The lowest BCUT2D eigenvalue weighted by Gasteiger charge is -2.60. The summed E-state index contributed by atoms with van der Waals surface area (Å²) in [6.45, 7) is 39.9. The smallest absolute Gasteiger partial charge is 0.493 e. The van der Waals surface area contributed by atoms with Gasteiger partial charge in [0.1, 0.15) is 62.2 Å². The Labute approximate surface area is 769 Å². The van der Waals surface area contributed by atoms with Crippen molar-refractivity contribution >= 4 is 124 Å². The van der Waals surface area contributed by atoms with Crippen molar-refractivity contribution in [2.24, 2.45) is 60.6 Å². The van der Waals surface area contributed by atoms with E-state index in [1.807, 2.05) is 106 Å².